The molecule has 4 rings (SSSR count). The smallest absolute Gasteiger partial charge is 0.256 e. The maximum absolute atomic E-state index is 13.3. The van der Waals surface area contributed by atoms with Gasteiger partial charge in [0.25, 0.3) is 5.91 Å². The van der Waals surface area contributed by atoms with E-state index in [9.17, 15) is 9.59 Å². The van der Waals surface area contributed by atoms with Crippen LogP contribution in [0.5, 0.6) is 0 Å². The summed E-state index contributed by atoms with van der Waals surface area (Å²) < 4.78 is 0. The molecule has 0 spiro atoms. The average molecular weight is 376 g/mol. The van der Waals surface area contributed by atoms with Crippen LogP contribution in [-0.2, 0) is 16.0 Å². The molecule has 6 nitrogen and oxygen atoms in total. The van der Waals surface area contributed by atoms with Crippen LogP contribution in [0.2, 0.25) is 0 Å². The Balaban J connectivity index is 1.85. The van der Waals surface area contributed by atoms with Crippen LogP contribution in [0.4, 0.5) is 5.69 Å². The molecule has 0 fully saturated rings. The molecule has 144 valence electrons. The summed E-state index contributed by atoms with van der Waals surface area (Å²) >= 11 is 0. The quantitative estimate of drug-likeness (QED) is 0.858. The van der Waals surface area contributed by atoms with Crippen molar-refractivity contribution in [2.24, 2.45) is 10.7 Å². The lowest BCUT2D eigenvalue weighted by atomic mass is 9.91. The normalized spacial score (nSPS) is 24.3. The lowest BCUT2D eigenvalue weighted by Crippen LogP contribution is -2.53. The van der Waals surface area contributed by atoms with Gasteiger partial charge in [-0.05, 0) is 54.3 Å². The van der Waals surface area contributed by atoms with Gasteiger partial charge in [-0.15, -0.1) is 0 Å². The van der Waals surface area contributed by atoms with E-state index in [1.807, 2.05) is 56.5 Å². The van der Waals surface area contributed by atoms with Crippen LogP contribution in [-0.4, -0.2) is 48.7 Å². The Morgan fingerprint density at radius 1 is 1.25 bits per heavy atom. The first kappa shape index (κ1) is 18.4. The van der Waals surface area contributed by atoms with Gasteiger partial charge in [0, 0.05) is 30.6 Å². The van der Waals surface area contributed by atoms with Gasteiger partial charge in [-0.3, -0.25) is 14.6 Å². The molecular formula is C22H24N4O2. The number of hydrogen-bond donors (Lipinski definition) is 1. The second kappa shape index (κ2) is 6.87. The summed E-state index contributed by atoms with van der Waals surface area (Å²) in [4.78, 5) is 33.0. The summed E-state index contributed by atoms with van der Waals surface area (Å²) in [5.41, 5.74) is 11.5. The van der Waals surface area contributed by atoms with Crippen molar-refractivity contribution in [1.29, 1.82) is 0 Å². The summed E-state index contributed by atoms with van der Waals surface area (Å²) in [5.74, 6) is -0.0329. The second-order valence-electron chi connectivity index (χ2n) is 7.59. The minimum absolute atomic E-state index is 0.0477. The fraction of sp³-hybridized carbons (Fsp3) is 0.318. The monoisotopic (exact) mass is 376 g/mol. The first-order valence-electron chi connectivity index (χ1n) is 9.49. The van der Waals surface area contributed by atoms with E-state index in [1.54, 1.807) is 16.8 Å². The lowest BCUT2D eigenvalue weighted by molar-refractivity contribution is -0.128. The van der Waals surface area contributed by atoms with Crippen LogP contribution >= 0.6 is 0 Å². The maximum Gasteiger partial charge on any atom is 0.256 e. The van der Waals surface area contributed by atoms with E-state index in [4.69, 9.17) is 5.73 Å². The highest BCUT2D eigenvalue weighted by Crippen LogP contribution is 2.34. The number of nitrogens with two attached hydrogens (primary N) is 1. The molecule has 1 atom stereocenters. The van der Waals surface area contributed by atoms with E-state index >= 15 is 0 Å². The number of hydrogen-bond acceptors (Lipinski definition) is 4. The topological polar surface area (TPSA) is 79.0 Å². The molecule has 0 saturated carbocycles. The number of nitrogens with zero attached hydrogens (tertiary/aromatic N) is 3. The second-order valence-corrected chi connectivity index (χ2v) is 7.59. The largest absolute Gasteiger partial charge is 0.317 e. The van der Waals surface area contributed by atoms with Crippen molar-refractivity contribution in [3.05, 3.63) is 58.7 Å². The van der Waals surface area contributed by atoms with Crippen LogP contribution < -0.4 is 10.6 Å². The number of carbonyl (C=O) groups excluding carboxylic acids is 2. The zero-order chi connectivity index (χ0) is 20.0. The lowest BCUT2D eigenvalue weighted by Gasteiger charge is -2.38. The average Bonchev–Trinajstić information content (AvgIpc) is 2.96. The first-order valence-corrected chi connectivity index (χ1v) is 9.49. The molecule has 3 aliphatic heterocycles. The Bertz CT molecular complexity index is 970. The number of dihydropyridines is 1. The third kappa shape index (κ3) is 2.90. The Kier molecular flexibility index (Phi) is 4.51. The molecule has 1 unspecified atom stereocenters. The van der Waals surface area contributed by atoms with Gasteiger partial charge in [0.2, 0.25) is 5.91 Å². The van der Waals surface area contributed by atoms with Crippen LogP contribution in [0, 0.1) is 0 Å². The minimum Gasteiger partial charge on any atom is -0.317 e. The highest BCUT2D eigenvalue weighted by Gasteiger charge is 2.35. The van der Waals surface area contributed by atoms with E-state index in [0.29, 0.717) is 18.5 Å². The number of fused-ring (bicyclic) bond motifs is 1. The number of rotatable bonds is 2. The summed E-state index contributed by atoms with van der Waals surface area (Å²) in [6.45, 7) is 4.58. The molecule has 1 aromatic carbocycles. The van der Waals surface area contributed by atoms with Crippen molar-refractivity contribution >= 4 is 29.3 Å². The van der Waals surface area contributed by atoms with E-state index in [-0.39, 0.29) is 17.9 Å². The highest BCUT2D eigenvalue weighted by atomic mass is 16.2. The van der Waals surface area contributed by atoms with E-state index in [1.165, 1.54) is 0 Å². The molecule has 3 heterocycles. The Morgan fingerprint density at radius 2 is 2.04 bits per heavy atom. The number of allylic oxidation sites excluding steroid dienone is 2. The van der Waals surface area contributed by atoms with Crippen molar-refractivity contribution in [3.63, 3.8) is 0 Å². The van der Waals surface area contributed by atoms with E-state index in [2.05, 4.69) is 4.99 Å². The number of amides is 2. The van der Waals surface area contributed by atoms with Crippen LogP contribution in [0.1, 0.15) is 25.0 Å². The SMILES string of the molecule is CC(C)N1C(=O)C(c2ccc3c(c2)CC(=O)N3C)=CC(=C2C=CCN=C2)C1N. The molecule has 0 aromatic heterocycles. The molecule has 0 saturated heterocycles. The molecule has 2 amide bonds. The van der Waals surface area contributed by atoms with Gasteiger partial charge in [0.05, 0.1) is 13.0 Å². The van der Waals surface area contributed by atoms with Gasteiger partial charge < -0.3 is 15.5 Å². The molecule has 2 N–H and O–H groups in total. The van der Waals surface area contributed by atoms with Crippen molar-refractivity contribution in [3.8, 4) is 0 Å². The standard InChI is InChI=1S/C22H24N4O2/c1-13(2)26-21(23)17(15-5-4-8-24-12-15)11-18(22(26)28)14-6-7-19-16(9-14)10-20(27)25(19)3/h4-7,9,11-13,21H,8,10,23H2,1-3H3. The Morgan fingerprint density at radius 3 is 2.71 bits per heavy atom. The third-order valence-electron chi connectivity index (χ3n) is 5.48. The number of anilines is 1. The molecular weight excluding hydrogens is 352 g/mol. The highest BCUT2D eigenvalue weighted by molar-refractivity contribution is 6.22. The molecule has 6 heteroatoms. The fourth-order valence-corrected chi connectivity index (χ4v) is 3.98. The van der Waals surface area contributed by atoms with Crippen molar-refractivity contribution in [1.82, 2.24) is 4.90 Å². The number of carbonyl (C=O) groups is 2. The third-order valence-corrected chi connectivity index (χ3v) is 5.48. The number of likely N-dealkylation sites (N-methyl/N-ethyl adjacent to an activating group) is 1. The summed E-state index contributed by atoms with van der Waals surface area (Å²) in [5, 5.41) is 0. The predicted molar refractivity (Wildman–Crippen MR) is 111 cm³/mol. The summed E-state index contributed by atoms with van der Waals surface area (Å²) in [6.07, 6.45) is 7.51. The Labute approximate surface area is 164 Å². The first-order chi connectivity index (χ1) is 13.4. The van der Waals surface area contributed by atoms with Gasteiger partial charge in [-0.25, -0.2) is 0 Å². The molecule has 1 aromatic rings. The van der Waals surface area contributed by atoms with Gasteiger partial charge in [-0.2, -0.15) is 0 Å². The van der Waals surface area contributed by atoms with Gasteiger partial charge in [0.1, 0.15) is 6.17 Å². The van der Waals surface area contributed by atoms with Crippen LogP contribution in [0.3, 0.4) is 0 Å². The number of benzene rings is 1. The molecule has 0 radical (unpaired) electrons. The summed E-state index contributed by atoms with van der Waals surface area (Å²) in [6, 6.07) is 5.71. The van der Waals surface area contributed by atoms with Crippen LogP contribution in [0.15, 0.2) is 52.6 Å². The van der Waals surface area contributed by atoms with Crippen LogP contribution in [0.25, 0.3) is 5.57 Å². The minimum atomic E-state index is -0.525. The van der Waals surface area contributed by atoms with Gasteiger partial charge >= 0.3 is 0 Å². The zero-order valence-electron chi connectivity index (χ0n) is 16.3. The summed E-state index contributed by atoms with van der Waals surface area (Å²) in [7, 11) is 1.77. The predicted octanol–water partition coefficient (Wildman–Crippen LogP) is 2.06. The van der Waals surface area contributed by atoms with Crippen molar-refractivity contribution < 1.29 is 9.59 Å². The van der Waals surface area contributed by atoms with Gasteiger partial charge in [-0.1, -0.05) is 18.2 Å². The Hall–Kier alpha value is -2.99. The van der Waals surface area contributed by atoms with Crippen molar-refractivity contribution in [2.75, 3.05) is 18.5 Å². The molecule has 0 aliphatic carbocycles. The number of aliphatic imine (C=N–C) groups is 1. The maximum atomic E-state index is 13.3. The zero-order valence-corrected chi connectivity index (χ0v) is 16.3. The van der Waals surface area contributed by atoms with Crippen molar-refractivity contribution in [2.45, 2.75) is 32.5 Å². The molecule has 3 aliphatic rings. The van der Waals surface area contributed by atoms with E-state index in [0.717, 1.165) is 28.0 Å². The van der Waals surface area contributed by atoms with E-state index < -0.39 is 6.17 Å². The van der Waals surface area contributed by atoms with Gasteiger partial charge in [0.15, 0.2) is 0 Å². The molecule has 0 bridgehead atoms. The fourth-order valence-electron chi connectivity index (χ4n) is 3.98. The molecule has 28 heavy (non-hydrogen) atoms.